The highest BCUT2D eigenvalue weighted by Gasteiger charge is 2.11. The fraction of sp³-hybridized carbons (Fsp3) is 0.455. The lowest BCUT2D eigenvalue weighted by Gasteiger charge is -2.10. The zero-order chi connectivity index (χ0) is 13.7. The first-order valence-corrected chi connectivity index (χ1v) is 5.48. The molecule has 18 heavy (non-hydrogen) atoms. The molecule has 1 heterocycles. The number of carbonyl (C=O) groups excluding carboxylic acids is 1. The van der Waals surface area contributed by atoms with Crippen molar-refractivity contribution in [3.8, 4) is 0 Å². The quantitative estimate of drug-likeness (QED) is 0.628. The first-order valence-electron chi connectivity index (χ1n) is 5.48. The molecule has 0 aliphatic carbocycles. The van der Waals surface area contributed by atoms with Gasteiger partial charge in [0.15, 0.2) is 0 Å². The first kappa shape index (κ1) is 13.9. The van der Waals surface area contributed by atoms with E-state index < -0.39 is 4.92 Å². The summed E-state index contributed by atoms with van der Waals surface area (Å²) in [7, 11) is 3.38. The molecule has 1 rings (SSSR count). The molecule has 1 aromatic rings. The van der Waals surface area contributed by atoms with Crippen LogP contribution in [0.2, 0.25) is 0 Å². The van der Waals surface area contributed by atoms with Crippen molar-refractivity contribution in [3.63, 3.8) is 0 Å². The molecule has 0 aliphatic rings. The van der Waals surface area contributed by atoms with Crippen molar-refractivity contribution in [1.82, 2.24) is 9.88 Å². The summed E-state index contributed by atoms with van der Waals surface area (Å²) in [6.07, 6.45) is 0.352. The van der Waals surface area contributed by atoms with Gasteiger partial charge in [0.2, 0.25) is 5.91 Å². The average Bonchev–Trinajstić information content (AvgIpc) is 2.28. The summed E-state index contributed by atoms with van der Waals surface area (Å²) in [6.45, 7) is 2.02. The molecule has 0 fully saturated rings. The van der Waals surface area contributed by atoms with E-state index in [9.17, 15) is 14.9 Å². The third-order valence-corrected chi connectivity index (χ3v) is 2.40. The molecule has 0 aliphatic heterocycles. The number of hydrogen-bond acceptors (Lipinski definition) is 5. The third-order valence-electron chi connectivity index (χ3n) is 2.40. The van der Waals surface area contributed by atoms with Crippen molar-refractivity contribution in [3.05, 3.63) is 27.9 Å². The summed E-state index contributed by atoms with van der Waals surface area (Å²) < 4.78 is 0. The van der Waals surface area contributed by atoms with Crippen molar-refractivity contribution in [2.45, 2.75) is 13.3 Å². The SMILES string of the molecule is Cc1nc(NCCC(=O)N(C)C)ccc1[N+](=O)[O-]. The van der Waals surface area contributed by atoms with Crippen LogP contribution in [0.15, 0.2) is 12.1 Å². The monoisotopic (exact) mass is 252 g/mol. The second-order valence-corrected chi connectivity index (χ2v) is 4.02. The molecule has 0 saturated heterocycles. The largest absolute Gasteiger partial charge is 0.370 e. The van der Waals surface area contributed by atoms with Crippen LogP contribution in [0.4, 0.5) is 11.5 Å². The Morgan fingerprint density at radius 1 is 1.50 bits per heavy atom. The summed E-state index contributed by atoms with van der Waals surface area (Å²) in [6, 6.07) is 2.93. The van der Waals surface area contributed by atoms with Crippen molar-refractivity contribution < 1.29 is 9.72 Å². The summed E-state index contributed by atoms with van der Waals surface area (Å²) in [4.78, 5) is 27.0. The Morgan fingerprint density at radius 2 is 2.17 bits per heavy atom. The first-order chi connectivity index (χ1) is 8.41. The third kappa shape index (κ3) is 3.69. The Kier molecular flexibility index (Phi) is 4.59. The fourth-order valence-corrected chi connectivity index (χ4v) is 1.37. The predicted octanol–water partition coefficient (Wildman–Crippen LogP) is 1.19. The Hall–Kier alpha value is -2.18. The number of rotatable bonds is 5. The van der Waals surface area contributed by atoms with E-state index in [1.165, 1.54) is 17.0 Å². The van der Waals surface area contributed by atoms with E-state index in [4.69, 9.17) is 0 Å². The van der Waals surface area contributed by atoms with E-state index in [0.29, 0.717) is 24.5 Å². The minimum Gasteiger partial charge on any atom is -0.370 e. The number of nitro groups is 1. The van der Waals surface area contributed by atoms with Gasteiger partial charge < -0.3 is 10.2 Å². The molecule has 1 N–H and O–H groups in total. The van der Waals surface area contributed by atoms with E-state index in [1.54, 1.807) is 21.0 Å². The molecule has 1 amide bonds. The topological polar surface area (TPSA) is 88.4 Å². The van der Waals surface area contributed by atoms with Gasteiger partial charge in [0.1, 0.15) is 11.5 Å². The number of aromatic nitrogens is 1. The molecule has 0 radical (unpaired) electrons. The van der Waals surface area contributed by atoms with Crippen LogP contribution in [0.25, 0.3) is 0 Å². The number of aryl methyl sites for hydroxylation is 1. The second-order valence-electron chi connectivity index (χ2n) is 4.02. The lowest BCUT2D eigenvalue weighted by atomic mass is 10.3. The highest BCUT2D eigenvalue weighted by Crippen LogP contribution is 2.17. The average molecular weight is 252 g/mol. The van der Waals surface area contributed by atoms with Crippen molar-refractivity contribution in [1.29, 1.82) is 0 Å². The number of pyridine rings is 1. The molecule has 0 atom stereocenters. The van der Waals surface area contributed by atoms with Crippen LogP contribution < -0.4 is 5.32 Å². The maximum absolute atomic E-state index is 11.3. The molecule has 98 valence electrons. The number of carbonyl (C=O) groups is 1. The van der Waals surface area contributed by atoms with Gasteiger partial charge in [-0.1, -0.05) is 0 Å². The molecule has 0 bridgehead atoms. The maximum atomic E-state index is 11.3. The van der Waals surface area contributed by atoms with E-state index in [-0.39, 0.29) is 11.6 Å². The highest BCUT2D eigenvalue weighted by molar-refractivity contribution is 5.76. The minimum absolute atomic E-state index is 0.00934. The Morgan fingerprint density at radius 3 is 2.67 bits per heavy atom. The zero-order valence-electron chi connectivity index (χ0n) is 10.6. The molecule has 1 aromatic heterocycles. The Bertz CT molecular complexity index is 460. The van der Waals surface area contributed by atoms with Gasteiger partial charge >= 0.3 is 0 Å². The number of nitrogens with zero attached hydrogens (tertiary/aromatic N) is 3. The van der Waals surface area contributed by atoms with E-state index in [1.807, 2.05) is 0 Å². The van der Waals surface area contributed by atoms with Crippen molar-refractivity contribution in [2.24, 2.45) is 0 Å². The summed E-state index contributed by atoms with van der Waals surface area (Å²) in [5.74, 6) is 0.547. The number of anilines is 1. The number of nitrogens with one attached hydrogen (secondary N) is 1. The van der Waals surface area contributed by atoms with Gasteiger partial charge in [-0.25, -0.2) is 4.98 Å². The van der Waals surface area contributed by atoms with Crippen molar-refractivity contribution >= 4 is 17.4 Å². The molecular weight excluding hydrogens is 236 g/mol. The van der Waals surface area contributed by atoms with Crippen LogP contribution in [0, 0.1) is 17.0 Å². The normalized spacial score (nSPS) is 9.94. The van der Waals surface area contributed by atoms with Gasteiger partial charge in [0, 0.05) is 33.1 Å². The zero-order valence-corrected chi connectivity index (χ0v) is 10.6. The molecule has 0 unspecified atom stereocenters. The van der Waals surface area contributed by atoms with E-state index >= 15 is 0 Å². The number of hydrogen-bond donors (Lipinski definition) is 1. The number of amides is 1. The van der Waals surface area contributed by atoms with E-state index in [2.05, 4.69) is 10.3 Å². The molecule has 0 aromatic carbocycles. The standard InChI is InChI=1S/C11H16N4O3/c1-8-9(15(17)18)4-5-10(13-8)12-7-6-11(16)14(2)3/h4-5H,6-7H2,1-3H3,(H,12,13). The lowest BCUT2D eigenvalue weighted by molar-refractivity contribution is -0.385. The molecule has 7 nitrogen and oxygen atoms in total. The molecule has 7 heteroatoms. The fourth-order valence-electron chi connectivity index (χ4n) is 1.37. The maximum Gasteiger partial charge on any atom is 0.290 e. The molecular formula is C11H16N4O3. The Balaban J connectivity index is 2.57. The van der Waals surface area contributed by atoms with Gasteiger partial charge in [-0.2, -0.15) is 0 Å². The van der Waals surface area contributed by atoms with Crippen LogP contribution in [0.1, 0.15) is 12.1 Å². The van der Waals surface area contributed by atoms with Crippen LogP contribution in [0.3, 0.4) is 0 Å². The van der Waals surface area contributed by atoms with Crippen LogP contribution in [0.5, 0.6) is 0 Å². The Labute approximate surface area is 105 Å². The van der Waals surface area contributed by atoms with Crippen LogP contribution in [-0.2, 0) is 4.79 Å². The minimum atomic E-state index is -0.471. The summed E-state index contributed by atoms with van der Waals surface area (Å²) in [5.41, 5.74) is 0.342. The van der Waals surface area contributed by atoms with Gasteiger partial charge in [0.05, 0.1) is 4.92 Å². The van der Waals surface area contributed by atoms with Crippen LogP contribution in [-0.4, -0.2) is 41.4 Å². The van der Waals surface area contributed by atoms with Gasteiger partial charge in [-0.3, -0.25) is 14.9 Å². The lowest BCUT2D eigenvalue weighted by Crippen LogP contribution is -2.24. The molecule has 0 saturated carbocycles. The smallest absolute Gasteiger partial charge is 0.290 e. The van der Waals surface area contributed by atoms with E-state index in [0.717, 1.165) is 0 Å². The van der Waals surface area contributed by atoms with Gasteiger partial charge in [-0.15, -0.1) is 0 Å². The van der Waals surface area contributed by atoms with Gasteiger partial charge in [0.25, 0.3) is 5.69 Å². The highest BCUT2D eigenvalue weighted by atomic mass is 16.6. The summed E-state index contributed by atoms with van der Waals surface area (Å²) >= 11 is 0. The molecule has 0 spiro atoms. The van der Waals surface area contributed by atoms with Crippen LogP contribution >= 0.6 is 0 Å². The summed E-state index contributed by atoms with van der Waals surface area (Å²) in [5, 5.41) is 13.6. The second kappa shape index (κ2) is 5.95. The van der Waals surface area contributed by atoms with Gasteiger partial charge in [-0.05, 0) is 13.0 Å². The predicted molar refractivity (Wildman–Crippen MR) is 67.4 cm³/mol. The van der Waals surface area contributed by atoms with Crippen molar-refractivity contribution in [2.75, 3.05) is 26.0 Å².